The molecule has 0 spiro atoms. The van der Waals surface area contributed by atoms with Crippen molar-refractivity contribution < 1.29 is 14.7 Å². The summed E-state index contributed by atoms with van der Waals surface area (Å²) in [6, 6.07) is 3.95. The van der Waals surface area contributed by atoms with Gasteiger partial charge in [0.15, 0.2) is 0 Å². The SMILES string of the molecule is CCCC(CNC(=O)CCc1cccs1)C(=O)O. The number of rotatable bonds is 8. The number of thiophene rings is 1. The van der Waals surface area contributed by atoms with Gasteiger partial charge in [-0.25, -0.2) is 0 Å². The molecule has 4 nitrogen and oxygen atoms in total. The van der Waals surface area contributed by atoms with Crippen molar-refractivity contribution >= 4 is 23.2 Å². The van der Waals surface area contributed by atoms with Crippen LogP contribution in [0.3, 0.4) is 0 Å². The fourth-order valence-corrected chi connectivity index (χ4v) is 2.39. The Balaban J connectivity index is 2.25. The van der Waals surface area contributed by atoms with Crippen LogP contribution in [0.25, 0.3) is 0 Å². The second-order valence-corrected chi connectivity index (χ2v) is 5.24. The van der Waals surface area contributed by atoms with E-state index in [0.29, 0.717) is 12.8 Å². The van der Waals surface area contributed by atoms with Crippen LogP contribution in [-0.2, 0) is 16.0 Å². The predicted molar refractivity (Wildman–Crippen MR) is 71.7 cm³/mol. The number of amides is 1. The summed E-state index contributed by atoms with van der Waals surface area (Å²) < 4.78 is 0. The normalized spacial score (nSPS) is 12.1. The van der Waals surface area contributed by atoms with Gasteiger partial charge in [0.2, 0.25) is 5.91 Å². The Morgan fingerprint density at radius 3 is 2.83 bits per heavy atom. The standard InChI is InChI=1S/C13H19NO3S/c1-2-4-10(13(16)17)9-14-12(15)7-6-11-5-3-8-18-11/h3,5,8,10H,2,4,6-7,9H2,1H3,(H,14,15)(H,16,17). The molecule has 1 aromatic rings. The third kappa shape index (κ3) is 5.31. The molecular formula is C13H19NO3S. The maximum atomic E-state index is 11.6. The lowest BCUT2D eigenvalue weighted by molar-refractivity contribution is -0.141. The van der Waals surface area contributed by atoms with E-state index >= 15 is 0 Å². The van der Waals surface area contributed by atoms with E-state index in [1.807, 2.05) is 24.4 Å². The first kappa shape index (κ1) is 14.7. The first-order valence-corrected chi connectivity index (χ1v) is 7.03. The van der Waals surface area contributed by atoms with Crippen molar-refractivity contribution in [1.29, 1.82) is 0 Å². The number of carboxylic acid groups (broad SMARTS) is 1. The lowest BCUT2D eigenvalue weighted by Crippen LogP contribution is -2.33. The molecule has 0 bridgehead atoms. The summed E-state index contributed by atoms with van der Waals surface area (Å²) in [6.45, 7) is 2.17. The van der Waals surface area contributed by atoms with Crippen LogP contribution in [0.5, 0.6) is 0 Å². The number of aryl methyl sites for hydroxylation is 1. The minimum absolute atomic E-state index is 0.0780. The number of carbonyl (C=O) groups excluding carboxylic acids is 1. The average Bonchev–Trinajstić information content (AvgIpc) is 2.84. The zero-order valence-electron chi connectivity index (χ0n) is 10.5. The number of aliphatic carboxylic acids is 1. The average molecular weight is 269 g/mol. The van der Waals surface area contributed by atoms with Crippen LogP contribution in [0.4, 0.5) is 0 Å². The molecule has 0 radical (unpaired) electrons. The molecule has 1 amide bonds. The zero-order chi connectivity index (χ0) is 13.4. The van der Waals surface area contributed by atoms with Gasteiger partial charge in [-0.05, 0) is 24.3 Å². The number of hydrogen-bond donors (Lipinski definition) is 2. The first-order chi connectivity index (χ1) is 8.63. The highest BCUT2D eigenvalue weighted by Crippen LogP contribution is 2.11. The molecule has 0 saturated heterocycles. The van der Waals surface area contributed by atoms with E-state index in [4.69, 9.17) is 5.11 Å². The quantitative estimate of drug-likeness (QED) is 0.761. The van der Waals surface area contributed by atoms with E-state index in [9.17, 15) is 9.59 Å². The van der Waals surface area contributed by atoms with Gasteiger partial charge in [-0.2, -0.15) is 0 Å². The van der Waals surface area contributed by atoms with Crippen molar-refractivity contribution in [1.82, 2.24) is 5.32 Å². The van der Waals surface area contributed by atoms with E-state index in [0.717, 1.165) is 12.8 Å². The minimum Gasteiger partial charge on any atom is -0.481 e. The Labute approximate surface area is 111 Å². The Hall–Kier alpha value is -1.36. The first-order valence-electron chi connectivity index (χ1n) is 6.15. The molecule has 100 valence electrons. The van der Waals surface area contributed by atoms with Crippen molar-refractivity contribution in [2.45, 2.75) is 32.6 Å². The molecule has 0 fully saturated rings. The van der Waals surface area contributed by atoms with Gasteiger partial charge in [0, 0.05) is 17.8 Å². The summed E-state index contributed by atoms with van der Waals surface area (Å²) in [5.41, 5.74) is 0. The third-order valence-corrected chi connectivity index (χ3v) is 3.65. The van der Waals surface area contributed by atoms with Crippen LogP contribution < -0.4 is 5.32 Å². The number of hydrogen-bond acceptors (Lipinski definition) is 3. The van der Waals surface area contributed by atoms with Crippen molar-refractivity contribution in [2.24, 2.45) is 5.92 Å². The summed E-state index contributed by atoms with van der Waals surface area (Å²) in [5.74, 6) is -1.39. The highest BCUT2D eigenvalue weighted by molar-refractivity contribution is 7.09. The summed E-state index contributed by atoms with van der Waals surface area (Å²) in [6.07, 6.45) is 2.54. The second kappa shape index (κ2) is 7.87. The van der Waals surface area contributed by atoms with Crippen LogP contribution in [0.1, 0.15) is 31.1 Å². The van der Waals surface area contributed by atoms with E-state index in [1.165, 1.54) is 4.88 Å². The van der Waals surface area contributed by atoms with Gasteiger partial charge in [-0.3, -0.25) is 9.59 Å². The van der Waals surface area contributed by atoms with E-state index in [1.54, 1.807) is 11.3 Å². The van der Waals surface area contributed by atoms with Crippen LogP contribution in [0.15, 0.2) is 17.5 Å². The van der Waals surface area contributed by atoms with Crippen LogP contribution in [0, 0.1) is 5.92 Å². The van der Waals surface area contributed by atoms with Crippen LogP contribution >= 0.6 is 11.3 Å². The number of carbonyl (C=O) groups is 2. The topological polar surface area (TPSA) is 66.4 Å². The highest BCUT2D eigenvalue weighted by atomic mass is 32.1. The molecule has 0 aliphatic carbocycles. The molecule has 0 aliphatic rings. The molecule has 0 aliphatic heterocycles. The van der Waals surface area contributed by atoms with Gasteiger partial charge in [0.05, 0.1) is 5.92 Å². The van der Waals surface area contributed by atoms with E-state index < -0.39 is 11.9 Å². The molecular weight excluding hydrogens is 250 g/mol. The molecule has 1 heterocycles. The Morgan fingerprint density at radius 1 is 1.50 bits per heavy atom. The Morgan fingerprint density at radius 2 is 2.28 bits per heavy atom. The van der Waals surface area contributed by atoms with Crippen molar-refractivity contribution in [3.8, 4) is 0 Å². The summed E-state index contributed by atoms with van der Waals surface area (Å²) in [5, 5.41) is 13.6. The molecule has 5 heteroatoms. The van der Waals surface area contributed by atoms with Gasteiger partial charge in [-0.1, -0.05) is 19.4 Å². The largest absolute Gasteiger partial charge is 0.481 e. The lowest BCUT2D eigenvalue weighted by atomic mass is 10.0. The third-order valence-electron chi connectivity index (χ3n) is 2.71. The monoisotopic (exact) mass is 269 g/mol. The lowest BCUT2D eigenvalue weighted by Gasteiger charge is -2.12. The fourth-order valence-electron chi connectivity index (χ4n) is 1.68. The summed E-state index contributed by atoms with van der Waals surface area (Å²) in [7, 11) is 0. The van der Waals surface area contributed by atoms with E-state index in [-0.39, 0.29) is 12.5 Å². The van der Waals surface area contributed by atoms with Gasteiger partial charge < -0.3 is 10.4 Å². The number of nitrogens with one attached hydrogen (secondary N) is 1. The molecule has 0 aromatic carbocycles. The fraction of sp³-hybridized carbons (Fsp3) is 0.538. The molecule has 0 saturated carbocycles. The van der Waals surface area contributed by atoms with Gasteiger partial charge in [-0.15, -0.1) is 11.3 Å². The molecule has 1 aromatic heterocycles. The van der Waals surface area contributed by atoms with Gasteiger partial charge >= 0.3 is 5.97 Å². The summed E-state index contributed by atoms with van der Waals surface area (Å²) >= 11 is 1.63. The molecule has 2 N–H and O–H groups in total. The van der Waals surface area contributed by atoms with Crippen molar-refractivity contribution in [2.75, 3.05) is 6.54 Å². The number of carboxylic acids is 1. The van der Waals surface area contributed by atoms with Crippen LogP contribution in [0.2, 0.25) is 0 Å². The van der Waals surface area contributed by atoms with Gasteiger partial charge in [0.1, 0.15) is 0 Å². The zero-order valence-corrected chi connectivity index (χ0v) is 11.3. The molecule has 1 unspecified atom stereocenters. The molecule has 1 atom stereocenters. The highest BCUT2D eigenvalue weighted by Gasteiger charge is 2.16. The second-order valence-electron chi connectivity index (χ2n) is 4.21. The van der Waals surface area contributed by atoms with Crippen LogP contribution in [-0.4, -0.2) is 23.5 Å². The molecule has 1 rings (SSSR count). The maximum absolute atomic E-state index is 11.6. The van der Waals surface area contributed by atoms with Crippen molar-refractivity contribution in [3.63, 3.8) is 0 Å². The van der Waals surface area contributed by atoms with E-state index in [2.05, 4.69) is 5.32 Å². The molecule has 18 heavy (non-hydrogen) atoms. The van der Waals surface area contributed by atoms with Gasteiger partial charge in [0.25, 0.3) is 0 Å². The summed E-state index contributed by atoms with van der Waals surface area (Å²) in [4.78, 5) is 23.6. The maximum Gasteiger partial charge on any atom is 0.308 e. The predicted octanol–water partition coefficient (Wildman–Crippen LogP) is 2.30. The van der Waals surface area contributed by atoms with Crippen molar-refractivity contribution in [3.05, 3.63) is 22.4 Å². The minimum atomic E-state index is -0.838. The Bertz CT molecular complexity index is 376. The Kier molecular flexibility index (Phi) is 6.43. The smallest absolute Gasteiger partial charge is 0.308 e.